The summed E-state index contributed by atoms with van der Waals surface area (Å²) in [7, 11) is 0. The Hall–Kier alpha value is -3.86. The fraction of sp³-hybridized carbons (Fsp3) is 0.317. The van der Waals surface area contributed by atoms with Gasteiger partial charge in [-0.05, 0) is 86.3 Å². The molecule has 0 amide bonds. The predicted molar refractivity (Wildman–Crippen MR) is 196 cm³/mol. The fourth-order valence-electron chi connectivity index (χ4n) is 5.90. The predicted octanol–water partition coefficient (Wildman–Crippen LogP) is 7.11. The van der Waals surface area contributed by atoms with Gasteiger partial charge in [-0.3, -0.25) is 0 Å². The Bertz CT molecular complexity index is 1680. The van der Waals surface area contributed by atoms with Crippen LogP contribution in [0.25, 0.3) is 0 Å². The number of aliphatic imine (C=N–C) groups is 4. The van der Waals surface area contributed by atoms with Crippen LogP contribution in [0.4, 0.5) is 0 Å². The number of rotatable bonds is 8. The van der Waals surface area contributed by atoms with Gasteiger partial charge in [0.1, 0.15) is 26.4 Å². The molecule has 8 nitrogen and oxygen atoms in total. The zero-order valence-corrected chi connectivity index (χ0v) is 32.5. The van der Waals surface area contributed by atoms with Crippen LogP contribution < -0.4 is 0 Å². The molecular formula is C41H44N4O4Pt2. The SMILES string of the molecule is C.C[C@@H]1COC(c2ccc(C3=N[C@H](C)CO3)cc2)=N1.[Pt].[Pt].c1ccc(C[C@@H]2COC(c3ccc(C4=N[C@H](Cc5ccccc5)CO4)cc3)=N2)cc1. The summed E-state index contributed by atoms with van der Waals surface area (Å²) in [6.07, 6.45) is 1.80. The molecule has 4 heterocycles. The van der Waals surface area contributed by atoms with Crippen LogP contribution in [0.3, 0.4) is 0 Å². The zero-order valence-electron chi connectivity index (χ0n) is 28.0. The molecule has 0 aromatic heterocycles. The standard InChI is InChI=1S/C26H24N2O2.C14H16N2O2.CH4.2Pt/c1-3-7-19(8-4-1)15-23-17-29-25(27-23)21-11-13-22(14-12-21)26-28-24(18-30-26)16-20-9-5-2-6-10-20;1-9-7-17-13(15-9)11-3-5-12(6-4-11)14-16-10(2)8-18-14;;;/h1-14,23-24H,15-18H2;3-6,9-10H,7-8H2,1-2H3;1H4;;/t23-,24-;9-,10-;;;/m11.../s1. The maximum atomic E-state index is 5.86. The fourth-order valence-corrected chi connectivity index (χ4v) is 5.90. The van der Waals surface area contributed by atoms with Crippen LogP contribution in [0.2, 0.25) is 0 Å². The van der Waals surface area contributed by atoms with E-state index in [-0.39, 0.29) is 73.7 Å². The van der Waals surface area contributed by atoms with Gasteiger partial charge in [-0.1, -0.05) is 68.1 Å². The zero-order chi connectivity index (χ0) is 32.7. The van der Waals surface area contributed by atoms with Gasteiger partial charge in [-0.2, -0.15) is 0 Å². The van der Waals surface area contributed by atoms with Crippen molar-refractivity contribution in [2.75, 3.05) is 26.4 Å². The molecule has 4 atom stereocenters. The third kappa shape index (κ3) is 10.6. The van der Waals surface area contributed by atoms with Gasteiger partial charge < -0.3 is 18.9 Å². The van der Waals surface area contributed by atoms with Gasteiger partial charge in [0, 0.05) is 64.4 Å². The van der Waals surface area contributed by atoms with Crippen LogP contribution >= 0.6 is 0 Å². The van der Waals surface area contributed by atoms with Crippen LogP contribution in [0.1, 0.15) is 54.7 Å². The van der Waals surface area contributed by atoms with Crippen LogP contribution in [0.15, 0.2) is 129 Å². The maximum absolute atomic E-state index is 5.86. The molecule has 4 aromatic carbocycles. The molecule has 0 bridgehead atoms. The van der Waals surface area contributed by atoms with Crippen molar-refractivity contribution in [3.63, 3.8) is 0 Å². The molecule has 0 radical (unpaired) electrons. The summed E-state index contributed by atoms with van der Waals surface area (Å²) < 4.78 is 22.8. The van der Waals surface area contributed by atoms with E-state index in [1.807, 2.05) is 74.5 Å². The summed E-state index contributed by atoms with van der Waals surface area (Å²) in [6.45, 7) is 6.69. The topological polar surface area (TPSA) is 86.4 Å². The monoisotopic (exact) mass is 1050 g/mol. The van der Waals surface area contributed by atoms with Crippen molar-refractivity contribution in [3.8, 4) is 0 Å². The first-order valence-electron chi connectivity index (χ1n) is 16.7. The molecule has 4 aliphatic heterocycles. The van der Waals surface area contributed by atoms with Crippen molar-refractivity contribution < 1.29 is 61.1 Å². The summed E-state index contributed by atoms with van der Waals surface area (Å²) in [5.41, 5.74) is 6.58. The molecule has 8 rings (SSSR count). The molecule has 0 fully saturated rings. The van der Waals surface area contributed by atoms with Gasteiger partial charge in [0.25, 0.3) is 0 Å². The normalized spacial score (nSPS) is 21.2. The van der Waals surface area contributed by atoms with Gasteiger partial charge in [0.05, 0.1) is 24.2 Å². The molecule has 0 aliphatic carbocycles. The van der Waals surface area contributed by atoms with E-state index < -0.39 is 0 Å². The molecule has 0 unspecified atom stereocenters. The van der Waals surface area contributed by atoms with E-state index in [9.17, 15) is 0 Å². The van der Waals surface area contributed by atoms with E-state index in [2.05, 4.69) is 58.5 Å². The van der Waals surface area contributed by atoms with Crippen molar-refractivity contribution in [2.24, 2.45) is 20.0 Å². The van der Waals surface area contributed by atoms with Crippen molar-refractivity contribution in [2.45, 2.75) is 58.3 Å². The van der Waals surface area contributed by atoms with Gasteiger partial charge in [0.15, 0.2) is 0 Å². The molecule has 10 heteroatoms. The van der Waals surface area contributed by atoms with Gasteiger partial charge in [-0.25, -0.2) is 20.0 Å². The van der Waals surface area contributed by atoms with Crippen LogP contribution in [-0.4, -0.2) is 74.2 Å². The first kappa shape index (κ1) is 39.9. The van der Waals surface area contributed by atoms with Crippen LogP contribution in [0.5, 0.6) is 0 Å². The molecule has 0 saturated carbocycles. The van der Waals surface area contributed by atoms with E-state index >= 15 is 0 Å². The molecule has 4 aliphatic rings. The Morgan fingerprint density at radius 3 is 1.02 bits per heavy atom. The number of hydrogen-bond donors (Lipinski definition) is 0. The second-order valence-corrected chi connectivity index (χ2v) is 12.5. The third-order valence-electron chi connectivity index (χ3n) is 8.41. The summed E-state index contributed by atoms with van der Waals surface area (Å²) in [4.78, 5) is 18.4. The average molecular weight is 1050 g/mol. The molecule has 4 aromatic rings. The molecule has 0 saturated heterocycles. The smallest absolute Gasteiger partial charge is 0.216 e. The van der Waals surface area contributed by atoms with Crippen molar-refractivity contribution in [1.82, 2.24) is 0 Å². The Kier molecular flexibility index (Phi) is 15.0. The van der Waals surface area contributed by atoms with Crippen LogP contribution in [0, 0.1) is 0 Å². The Labute approximate surface area is 330 Å². The maximum Gasteiger partial charge on any atom is 0.216 e. The molecular weight excluding hydrogens is 1000 g/mol. The second-order valence-electron chi connectivity index (χ2n) is 12.5. The second kappa shape index (κ2) is 19.1. The first-order chi connectivity index (χ1) is 23.6. The Morgan fingerprint density at radius 1 is 0.431 bits per heavy atom. The average Bonchev–Trinajstić information content (AvgIpc) is 3.96. The van der Waals surface area contributed by atoms with Crippen LogP contribution in [-0.2, 0) is 73.9 Å². The third-order valence-corrected chi connectivity index (χ3v) is 8.41. The van der Waals surface area contributed by atoms with Gasteiger partial charge in [-0.15, -0.1) is 0 Å². The van der Waals surface area contributed by atoms with E-state index in [1.165, 1.54) is 11.1 Å². The Morgan fingerprint density at radius 2 is 0.725 bits per heavy atom. The van der Waals surface area contributed by atoms with E-state index in [1.54, 1.807) is 0 Å². The van der Waals surface area contributed by atoms with Crippen molar-refractivity contribution in [3.05, 3.63) is 143 Å². The minimum atomic E-state index is 0. The van der Waals surface area contributed by atoms with Gasteiger partial charge in [0.2, 0.25) is 23.6 Å². The number of nitrogens with zero attached hydrogens (tertiary/aromatic N) is 4. The van der Waals surface area contributed by atoms with E-state index in [4.69, 9.17) is 28.9 Å². The first-order valence-corrected chi connectivity index (χ1v) is 16.7. The van der Waals surface area contributed by atoms with Crippen molar-refractivity contribution in [1.29, 1.82) is 0 Å². The molecule has 272 valence electrons. The summed E-state index contributed by atoms with van der Waals surface area (Å²) in [5.74, 6) is 2.91. The quantitative estimate of drug-likeness (QED) is 0.189. The molecule has 51 heavy (non-hydrogen) atoms. The molecule has 0 N–H and O–H groups in total. The minimum Gasteiger partial charge on any atom is -0.475 e. The summed E-state index contributed by atoms with van der Waals surface area (Å²) in [5, 5.41) is 0. The molecule has 0 spiro atoms. The largest absolute Gasteiger partial charge is 0.475 e. The Balaban J connectivity index is 0.000000240. The number of hydrogen-bond acceptors (Lipinski definition) is 8. The number of benzene rings is 4. The minimum absolute atomic E-state index is 0. The summed E-state index contributed by atoms with van der Waals surface area (Å²) in [6, 6.07) is 37.9. The van der Waals surface area contributed by atoms with E-state index in [0.717, 1.165) is 58.7 Å². The van der Waals surface area contributed by atoms with Crippen molar-refractivity contribution >= 4 is 23.6 Å². The summed E-state index contributed by atoms with van der Waals surface area (Å²) >= 11 is 0. The van der Waals surface area contributed by atoms with E-state index in [0.29, 0.717) is 26.4 Å². The number of ether oxygens (including phenoxy) is 4. The van der Waals surface area contributed by atoms with Gasteiger partial charge >= 0.3 is 0 Å².